The summed E-state index contributed by atoms with van der Waals surface area (Å²) >= 11 is 0. The maximum atomic E-state index is 13.4. The third-order valence-electron chi connectivity index (χ3n) is 5.57. The van der Waals surface area contributed by atoms with E-state index in [4.69, 9.17) is 4.74 Å². The number of amides is 2. The summed E-state index contributed by atoms with van der Waals surface area (Å²) in [5.74, 6) is -0.274. The van der Waals surface area contributed by atoms with Crippen molar-refractivity contribution in [1.82, 2.24) is 10.2 Å². The number of anilines is 1. The molecule has 196 valence electrons. The molecule has 8 nitrogen and oxygen atoms in total. The van der Waals surface area contributed by atoms with E-state index in [-0.39, 0.29) is 18.1 Å². The zero-order chi connectivity index (χ0) is 27.0. The Morgan fingerprint density at radius 2 is 1.54 bits per heavy atom. The normalized spacial score (nSPS) is 11.9. The zero-order valence-electron chi connectivity index (χ0n) is 20.9. The van der Waals surface area contributed by atoms with E-state index < -0.39 is 34.3 Å². The van der Waals surface area contributed by atoms with E-state index in [0.717, 1.165) is 10.6 Å². The van der Waals surface area contributed by atoms with Gasteiger partial charge in [-0.3, -0.25) is 13.9 Å². The first kappa shape index (κ1) is 27.7. The fourth-order valence-corrected chi connectivity index (χ4v) is 4.46. The van der Waals surface area contributed by atoms with Gasteiger partial charge >= 0.3 is 0 Å². The molecule has 0 spiro atoms. The maximum Gasteiger partial charge on any atom is 0.244 e. The van der Waals surface area contributed by atoms with Crippen molar-refractivity contribution in [2.45, 2.75) is 26.4 Å². The summed E-state index contributed by atoms with van der Waals surface area (Å²) in [4.78, 5) is 27.3. The molecule has 10 heteroatoms. The molecule has 0 saturated heterocycles. The lowest BCUT2D eigenvalue weighted by atomic mass is 10.1. The SMILES string of the molecule is CCNC(=O)C(C)N(Cc1ccc(F)cc1)C(=O)CN(c1ccc(Oc2ccccc2)cc1)S(C)(=O)=O. The molecule has 0 radical (unpaired) electrons. The molecule has 0 aliphatic carbocycles. The number of para-hydroxylation sites is 1. The van der Waals surface area contributed by atoms with Gasteiger partial charge in [0.15, 0.2) is 0 Å². The second-order valence-electron chi connectivity index (χ2n) is 8.40. The van der Waals surface area contributed by atoms with Crippen molar-refractivity contribution in [2.24, 2.45) is 0 Å². The molecule has 1 atom stereocenters. The van der Waals surface area contributed by atoms with Crippen LogP contribution in [0, 0.1) is 5.82 Å². The average molecular weight is 528 g/mol. The molecular formula is C27H30FN3O5S. The van der Waals surface area contributed by atoms with E-state index in [1.54, 1.807) is 50.2 Å². The first-order valence-corrected chi connectivity index (χ1v) is 13.6. The van der Waals surface area contributed by atoms with Gasteiger partial charge in [0.25, 0.3) is 0 Å². The van der Waals surface area contributed by atoms with Crippen LogP contribution in [-0.4, -0.2) is 50.5 Å². The van der Waals surface area contributed by atoms with Crippen LogP contribution >= 0.6 is 0 Å². The van der Waals surface area contributed by atoms with Crippen LogP contribution in [0.25, 0.3) is 0 Å². The first-order chi connectivity index (χ1) is 17.6. The minimum Gasteiger partial charge on any atom is -0.457 e. The van der Waals surface area contributed by atoms with Gasteiger partial charge < -0.3 is 15.0 Å². The Labute approximate surface area is 216 Å². The standard InChI is InChI=1S/C27H30FN3O5S/c1-4-29-27(33)20(2)30(18-21-10-12-22(28)13-11-21)26(32)19-31(37(3,34)35)23-14-16-25(17-15-23)36-24-8-6-5-7-9-24/h5-17,20H,4,18-19H2,1-3H3,(H,29,33). The molecule has 0 fully saturated rings. The second-order valence-corrected chi connectivity index (χ2v) is 10.3. The van der Waals surface area contributed by atoms with Gasteiger partial charge in [-0.05, 0) is 67.9 Å². The number of carbonyl (C=O) groups excluding carboxylic acids is 2. The number of likely N-dealkylation sites (N-methyl/N-ethyl adjacent to an activating group) is 1. The summed E-state index contributed by atoms with van der Waals surface area (Å²) in [7, 11) is -3.86. The minimum absolute atomic E-state index is 0.00112. The van der Waals surface area contributed by atoms with E-state index >= 15 is 0 Å². The summed E-state index contributed by atoms with van der Waals surface area (Å²) < 4.78 is 45.5. The molecule has 3 aromatic rings. The molecule has 0 bridgehead atoms. The molecule has 37 heavy (non-hydrogen) atoms. The van der Waals surface area contributed by atoms with Gasteiger partial charge in [0.1, 0.15) is 29.9 Å². The van der Waals surface area contributed by atoms with Crippen LogP contribution in [0.3, 0.4) is 0 Å². The topological polar surface area (TPSA) is 96.0 Å². The highest BCUT2D eigenvalue weighted by Gasteiger charge is 2.30. The van der Waals surface area contributed by atoms with Crippen molar-refractivity contribution < 1.29 is 27.1 Å². The molecular weight excluding hydrogens is 497 g/mol. The third-order valence-corrected chi connectivity index (χ3v) is 6.71. The molecule has 1 unspecified atom stereocenters. The van der Waals surface area contributed by atoms with Crippen LogP contribution in [0.4, 0.5) is 10.1 Å². The van der Waals surface area contributed by atoms with E-state index in [1.165, 1.54) is 29.2 Å². The van der Waals surface area contributed by atoms with Crippen LogP contribution in [0.2, 0.25) is 0 Å². The Morgan fingerprint density at radius 1 is 0.946 bits per heavy atom. The summed E-state index contributed by atoms with van der Waals surface area (Å²) in [6.45, 7) is 3.16. The third kappa shape index (κ3) is 7.78. The van der Waals surface area contributed by atoms with Crippen LogP contribution in [0.5, 0.6) is 11.5 Å². The number of carbonyl (C=O) groups is 2. The average Bonchev–Trinajstić information content (AvgIpc) is 2.87. The van der Waals surface area contributed by atoms with E-state index in [2.05, 4.69) is 5.32 Å². The maximum absolute atomic E-state index is 13.4. The number of hydrogen-bond donors (Lipinski definition) is 1. The van der Waals surface area contributed by atoms with Crippen LogP contribution in [0.1, 0.15) is 19.4 Å². The zero-order valence-corrected chi connectivity index (χ0v) is 21.7. The summed E-state index contributed by atoms with van der Waals surface area (Å²) in [5.41, 5.74) is 0.864. The van der Waals surface area contributed by atoms with Gasteiger partial charge in [-0.1, -0.05) is 30.3 Å². The molecule has 0 aliphatic heterocycles. The molecule has 3 rings (SSSR count). The van der Waals surface area contributed by atoms with Gasteiger partial charge in [-0.15, -0.1) is 0 Å². The van der Waals surface area contributed by atoms with Gasteiger partial charge in [-0.25, -0.2) is 12.8 Å². The quantitative estimate of drug-likeness (QED) is 0.408. The molecule has 0 aliphatic rings. The molecule has 0 aromatic heterocycles. The summed E-state index contributed by atoms with van der Waals surface area (Å²) in [5, 5.41) is 2.68. The number of rotatable bonds is 11. The van der Waals surface area contributed by atoms with Crippen LogP contribution in [0.15, 0.2) is 78.9 Å². The fourth-order valence-electron chi connectivity index (χ4n) is 3.61. The number of halogens is 1. The van der Waals surface area contributed by atoms with Crippen LogP contribution in [-0.2, 0) is 26.2 Å². The number of benzene rings is 3. The van der Waals surface area contributed by atoms with Gasteiger partial charge in [0.2, 0.25) is 21.8 Å². The molecule has 1 N–H and O–H groups in total. The Hall–Kier alpha value is -3.92. The molecule has 0 heterocycles. The van der Waals surface area contributed by atoms with Crippen molar-refractivity contribution in [3.05, 3.63) is 90.2 Å². The Balaban J connectivity index is 1.85. The number of nitrogens with zero attached hydrogens (tertiary/aromatic N) is 2. The lowest BCUT2D eigenvalue weighted by Crippen LogP contribution is -2.51. The number of nitrogens with one attached hydrogen (secondary N) is 1. The van der Waals surface area contributed by atoms with E-state index in [0.29, 0.717) is 23.6 Å². The molecule has 2 amide bonds. The van der Waals surface area contributed by atoms with Crippen molar-refractivity contribution in [2.75, 3.05) is 23.7 Å². The first-order valence-electron chi connectivity index (χ1n) is 11.7. The minimum atomic E-state index is -3.86. The van der Waals surface area contributed by atoms with Crippen LogP contribution < -0.4 is 14.4 Å². The monoisotopic (exact) mass is 527 g/mol. The highest BCUT2D eigenvalue weighted by molar-refractivity contribution is 7.92. The lowest BCUT2D eigenvalue weighted by Gasteiger charge is -2.31. The Bertz CT molecular complexity index is 1300. The largest absolute Gasteiger partial charge is 0.457 e. The van der Waals surface area contributed by atoms with E-state index in [1.807, 2.05) is 18.2 Å². The van der Waals surface area contributed by atoms with Gasteiger partial charge in [0.05, 0.1) is 11.9 Å². The summed E-state index contributed by atoms with van der Waals surface area (Å²) in [6.07, 6.45) is 1.01. The van der Waals surface area contributed by atoms with Crippen molar-refractivity contribution in [1.29, 1.82) is 0 Å². The molecule has 0 saturated carbocycles. The summed E-state index contributed by atoms with van der Waals surface area (Å²) in [6, 6.07) is 20.1. The number of sulfonamides is 1. The highest BCUT2D eigenvalue weighted by Crippen LogP contribution is 2.26. The van der Waals surface area contributed by atoms with Crippen molar-refractivity contribution in [3.63, 3.8) is 0 Å². The highest BCUT2D eigenvalue weighted by atomic mass is 32.2. The van der Waals surface area contributed by atoms with Gasteiger partial charge in [0, 0.05) is 13.1 Å². The van der Waals surface area contributed by atoms with E-state index in [9.17, 15) is 22.4 Å². The van der Waals surface area contributed by atoms with Crippen molar-refractivity contribution >= 4 is 27.5 Å². The number of ether oxygens (including phenoxy) is 1. The smallest absolute Gasteiger partial charge is 0.244 e. The second kappa shape index (κ2) is 12.4. The number of hydrogen-bond acceptors (Lipinski definition) is 5. The lowest BCUT2D eigenvalue weighted by molar-refractivity contribution is -0.139. The Morgan fingerprint density at radius 3 is 2.11 bits per heavy atom. The van der Waals surface area contributed by atoms with Gasteiger partial charge in [-0.2, -0.15) is 0 Å². The molecule has 3 aromatic carbocycles. The predicted octanol–water partition coefficient (Wildman–Crippen LogP) is 3.94. The van der Waals surface area contributed by atoms with Crippen molar-refractivity contribution in [3.8, 4) is 11.5 Å². The fraction of sp³-hybridized carbons (Fsp3) is 0.259. The predicted molar refractivity (Wildman–Crippen MR) is 140 cm³/mol. The Kier molecular flexibility index (Phi) is 9.24.